The van der Waals surface area contributed by atoms with Gasteiger partial charge in [0.15, 0.2) is 0 Å². The summed E-state index contributed by atoms with van der Waals surface area (Å²) in [5.41, 5.74) is 2.20. The Balaban J connectivity index is 2.32. The van der Waals surface area contributed by atoms with Gasteiger partial charge in [-0.25, -0.2) is 0 Å². The molecule has 3 nitrogen and oxygen atoms in total. The fourth-order valence-corrected chi connectivity index (χ4v) is 2.04. The average molecular weight is 291 g/mol. The lowest BCUT2D eigenvalue weighted by atomic mass is 9.86. The van der Waals surface area contributed by atoms with E-state index in [9.17, 15) is 4.79 Å². The van der Waals surface area contributed by atoms with Crippen LogP contribution in [-0.2, 0) is 16.6 Å². The van der Waals surface area contributed by atoms with Crippen molar-refractivity contribution in [2.45, 2.75) is 52.9 Å². The maximum atomic E-state index is 11.0. The Morgan fingerprint density at radius 2 is 1.62 bits per heavy atom. The van der Waals surface area contributed by atoms with E-state index in [4.69, 9.17) is 5.11 Å². The Morgan fingerprint density at radius 3 is 2.10 bits per heavy atom. The van der Waals surface area contributed by atoms with Crippen LogP contribution in [0.1, 0.15) is 52.2 Å². The first kappa shape index (κ1) is 17.7. The van der Waals surface area contributed by atoms with Gasteiger partial charge in [-0.3, -0.25) is 4.79 Å². The Bertz CT molecular complexity index is 455. The van der Waals surface area contributed by atoms with Gasteiger partial charge in [-0.15, -0.1) is 0 Å². The zero-order chi connectivity index (χ0) is 16.1. The molecule has 1 aromatic rings. The molecule has 0 aliphatic rings. The molecule has 0 saturated heterocycles. The monoisotopic (exact) mass is 291 g/mol. The van der Waals surface area contributed by atoms with Crippen molar-refractivity contribution in [3.05, 3.63) is 35.4 Å². The minimum absolute atomic E-state index is 0.194. The first-order chi connectivity index (χ1) is 9.63. The number of carbonyl (C=O) groups is 1. The lowest BCUT2D eigenvalue weighted by Crippen LogP contribution is -2.29. The summed E-state index contributed by atoms with van der Waals surface area (Å²) in [6.45, 7) is 11.8. The topological polar surface area (TPSA) is 49.3 Å². The molecule has 0 heterocycles. The quantitative estimate of drug-likeness (QED) is 0.754. The molecule has 0 aliphatic carbocycles. The zero-order valence-electron chi connectivity index (χ0n) is 14.0. The minimum Gasteiger partial charge on any atom is -0.481 e. The van der Waals surface area contributed by atoms with Gasteiger partial charge in [-0.2, -0.15) is 0 Å². The fraction of sp³-hybridized carbons (Fsp3) is 0.611. The molecule has 0 fully saturated rings. The Morgan fingerprint density at radius 1 is 1.05 bits per heavy atom. The number of carboxylic acids is 1. The third-order valence-electron chi connectivity index (χ3n) is 3.92. The second-order valence-electron chi connectivity index (χ2n) is 7.39. The summed E-state index contributed by atoms with van der Waals surface area (Å²) in [4.78, 5) is 11.0. The van der Waals surface area contributed by atoms with E-state index in [0.717, 1.165) is 19.5 Å². The first-order valence-corrected chi connectivity index (χ1v) is 7.66. The third-order valence-corrected chi connectivity index (χ3v) is 3.92. The summed E-state index contributed by atoms with van der Waals surface area (Å²) >= 11 is 0. The maximum Gasteiger partial charge on any atom is 0.309 e. The van der Waals surface area contributed by atoms with E-state index in [2.05, 4.69) is 50.4 Å². The van der Waals surface area contributed by atoms with Gasteiger partial charge < -0.3 is 10.4 Å². The molecule has 0 aromatic heterocycles. The zero-order valence-corrected chi connectivity index (χ0v) is 14.0. The predicted molar refractivity (Wildman–Crippen MR) is 87.7 cm³/mol. The van der Waals surface area contributed by atoms with Gasteiger partial charge in [-0.05, 0) is 56.3 Å². The molecule has 118 valence electrons. The van der Waals surface area contributed by atoms with Crippen molar-refractivity contribution in [3.8, 4) is 0 Å². The van der Waals surface area contributed by atoms with Gasteiger partial charge in [0, 0.05) is 0 Å². The van der Waals surface area contributed by atoms with Gasteiger partial charge in [-0.1, -0.05) is 45.0 Å². The number of rotatable bonds is 7. The van der Waals surface area contributed by atoms with Crippen LogP contribution in [0.15, 0.2) is 24.3 Å². The van der Waals surface area contributed by atoms with Gasteiger partial charge in [0.1, 0.15) is 0 Å². The van der Waals surface area contributed by atoms with E-state index >= 15 is 0 Å². The minimum atomic E-state index is -0.734. The molecule has 0 bridgehead atoms. The molecule has 0 radical (unpaired) electrons. The molecule has 0 unspecified atom stereocenters. The molecule has 3 heteroatoms. The highest BCUT2D eigenvalue weighted by Crippen LogP contribution is 2.22. The van der Waals surface area contributed by atoms with Crippen LogP contribution in [0.5, 0.6) is 0 Å². The number of hydrogen-bond donors (Lipinski definition) is 2. The highest BCUT2D eigenvalue weighted by atomic mass is 16.4. The second-order valence-corrected chi connectivity index (χ2v) is 7.39. The molecular formula is C18H29NO2. The van der Waals surface area contributed by atoms with Gasteiger partial charge in [0.2, 0.25) is 0 Å². The third kappa shape index (κ3) is 5.88. The van der Waals surface area contributed by atoms with Crippen molar-refractivity contribution in [2.75, 3.05) is 13.1 Å². The second kappa shape index (κ2) is 7.08. The van der Waals surface area contributed by atoms with Crippen molar-refractivity contribution in [1.82, 2.24) is 5.32 Å². The Hall–Kier alpha value is -1.35. The van der Waals surface area contributed by atoms with Crippen LogP contribution in [0, 0.1) is 5.41 Å². The van der Waals surface area contributed by atoms with Crippen molar-refractivity contribution >= 4 is 5.97 Å². The molecule has 0 spiro atoms. The van der Waals surface area contributed by atoms with E-state index in [1.165, 1.54) is 11.1 Å². The van der Waals surface area contributed by atoms with E-state index < -0.39 is 11.4 Å². The molecule has 21 heavy (non-hydrogen) atoms. The van der Waals surface area contributed by atoms with Crippen LogP contribution in [0.4, 0.5) is 0 Å². The number of benzene rings is 1. The molecule has 1 rings (SSSR count). The maximum absolute atomic E-state index is 11.0. The Labute approximate surface area is 128 Å². The lowest BCUT2D eigenvalue weighted by Gasteiger charge is -2.19. The van der Waals surface area contributed by atoms with Gasteiger partial charge in [0.25, 0.3) is 0 Å². The molecule has 0 saturated carbocycles. The largest absolute Gasteiger partial charge is 0.481 e. The average Bonchev–Trinajstić information content (AvgIpc) is 2.37. The van der Waals surface area contributed by atoms with Gasteiger partial charge in [0.05, 0.1) is 5.41 Å². The Kier molecular flexibility index (Phi) is 5.97. The van der Waals surface area contributed by atoms with Crippen LogP contribution >= 0.6 is 0 Å². The van der Waals surface area contributed by atoms with E-state index in [1.807, 2.05) is 0 Å². The van der Waals surface area contributed by atoms with Crippen molar-refractivity contribution in [1.29, 1.82) is 0 Å². The summed E-state index contributed by atoms with van der Waals surface area (Å²) in [5.74, 6) is -0.734. The standard InChI is InChI=1S/C18H29NO2/c1-17(2,3)15-8-6-14(7-9-15)10-12-19-13-11-18(4,5)16(20)21/h6-9,19H,10-13H2,1-5H3,(H,20,21). The number of hydrogen-bond acceptors (Lipinski definition) is 2. The highest BCUT2D eigenvalue weighted by molar-refractivity contribution is 5.73. The summed E-state index contributed by atoms with van der Waals surface area (Å²) in [7, 11) is 0. The molecule has 1 aromatic carbocycles. The molecule has 0 aliphatic heterocycles. The van der Waals surface area contributed by atoms with Crippen LogP contribution in [-0.4, -0.2) is 24.2 Å². The summed E-state index contributed by atoms with van der Waals surface area (Å²) in [6, 6.07) is 8.76. The first-order valence-electron chi connectivity index (χ1n) is 7.66. The van der Waals surface area contributed by atoms with Gasteiger partial charge >= 0.3 is 5.97 Å². The normalized spacial score (nSPS) is 12.4. The molecular weight excluding hydrogens is 262 g/mol. The fourth-order valence-electron chi connectivity index (χ4n) is 2.04. The summed E-state index contributed by atoms with van der Waals surface area (Å²) in [5, 5.41) is 12.4. The molecule has 2 N–H and O–H groups in total. The van der Waals surface area contributed by atoms with Crippen molar-refractivity contribution in [2.24, 2.45) is 5.41 Å². The van der Waals surface area contributed by atoms with E-state index in [0.29, 0.717) is 6.42 Å². The SMILES string of the molecule is CC(C)(CCNCCc1ccc(C(C)(C)C)cc1)C(=O)O. The van der Waals surface area contributed by atoms with Crippen LogP contribution < -0.4 is 5.32 Å². The highest BCUT2D eigenvalue weighted by Gasteiger charge is 2.25. The number of nitrogens with one attached hydrogen (secondary N) is 1. The molecule has 0 atom stereocenters. The summed E-state index contributed by atoms with van der Waals surface area (Å²) in [6.07, 6.45) is 1.61. The van der Waals surface area contributed by atoms with Crippen LogP contribution in [0.3, 0.4) is 0 Å². The molecule has 0 amide bonds. The van der Waals surface area contributed by atoms with Crippen molar-refractivity contribution in [3.63, 3.8) is 0 Å². The smallest absolute Gasteiger partial charge is 0.309 e. The lowest BCUT2D eigenvalue weighted by molar-refractivity contribution is -0.147. The van der Waals surface area contributed by atoms with E-state index in [-0.39, 0.29) is 5.41 Å². The number of carboxylic acid groups (broad SMARTS) is 1. The summed E-state index contributed by atoms with van der Waals surface area (Å²) < 4.78 is 0. The predicted octanol–water partition coefficient (Wildman–Crippen LogP) is 3.62. The van der Waals surface area contributed by atoms with Crippen molar-refractivity contribution < 1.29 is 9.90 Å². The number of aliphatic carboxylic acids is 1. The van der Waals surface area contributed by atoms with E-state index in [1.54, 1.807) is 13.8 Å². The van der Waals surface area contributed by atoms with Crippen LogP contribution in [0.25, 0.3) is 0 Å². The van der Waals surface area contributed by atoms with Crippen LogP contribution in [0.2, 0.25) is 0 Å².